The molecule has 0 spiro atoms. The molecule has 0 saturated carbocycles. The number of hydrogen-bond acceptors (Lipinski definition) is 5. The van der Waals surface area contributed by atoms with Crippen LogP contribution in [0.3, 0.4) is 0 Å². The molecule has 3 heterocycles. The Morgan fingerprint density at radius 2 is 2.16 bits per heavy atom. The van der Waals surface area contributed by atoms with Crippen molar-refractivity contribution >= 4 is 5.91 Å². The Balaban J connectivity index is 1.51. The minimum absolute atomic E-state index is 0.240. The molecule has 7 heteroatoms. The SMILES string of the molecule is O=C(NCC1Cc2cc(F)cc(-c3cncnc3)c2O1)c1ccoc1. The number of nitrogens with zero attached hydrogens (tertiary/aromatic N) is 2. The first-order chi connectivity index (χ1) is 12.2. The van der Waals surface area contributed by atoms with Crippen molar-refractivity contribution in [3.05, 3.63) is 66.4 Å². The number of ether oxygens (including phenoxy) is 1. The first-order valence-electron chi connectivity index (χ1n) is 7.75. The quantitative estimate of drug-likeness (QED) is 0.791. The van der Waals surface area contributed by atoms with Gasteiger partial charge in [-0.1, -0.05) is 0 Å². The molecule has 1 atom stereocenters. The number of carbonyl (C=O) groups excluding carboxylic acids is 1. The van der Waals surface area contributed by atoms with Crippen molar-refractivity contribution < 1.29 is 18.3 Å². The van der Waals surface area contributed by atoms with Crippen LogP contribution in [0, 0.1) is 5.82 Å². The minimum atomic E-state index is -0.343. The second kappa shape index (κ2) is 6.35. The van der Waals surface area contributed by atoms with E-state index < -0.39 is 0 Å². The van der Waals surface area contributed by atoms with Crippen molar-refractivity contribution in [2.45, 2.75) is 12.5 Å². The van der Waals surface area contributed by atoms with Crippen LogP contribution in [-0.2, 0) is 6.42 Å². The van der Waals surface area contributed by atoms with Crippen molar-refractivity contribution in [3.8, 4) is 16.9 Å². The van der Waals surface area contributed by atoms with Crippen molar-refractivity contribution in [2.24, 2.45) is 0 Å². The number of halogens is 1. The molecule has 2 aromatic heterocycles. The molecule has 0 aliphatic carbocycles. The van der Waals surface area contributed by atoms with Crippen LogP contribution in [0.2, 0.25) is 0 Å². The molecule has 1 N–H and O–H groups in total. The molecule has 0 bridgehead atoms. The molecule has 1 unspecified atom stereocenters. The largest absolute Gasteiger partial charge is 0.487 e. The van der Waals surface area contributed by atoms with E-state index in [4.69, 9.17) is 9.15 Å². The lowest BCUT2D eigenvalue weighted by Gasteiger charge is -2.13. The van der Waals surface area contributed by atoms with Gasteiger partial charge in [0.2, 0.25) is 0 Å². The molecular formula is C18H14FN3O3. The monoisotopic (exact) mass is 339 g/mol. The number of nitrogens with one attached hydrogen (secondary N) is 1. The molecule has 0 fully saturated rings. The van der Waals surface area contributed by atoms with Gasteiger partial charge in [-0.2, -0.15) is 0 Å². The van der Waals surface area contributed by atoms with E-state index in [0.717, 1.165) is 5.56 Å². The maximum Gasteiger partial charge on any atom is 0.254 e. The van der Waals surface area contributed by atoms with E-state index >= 15 is 0 Å². The number of fused-ring (bicyclic) bond motifs is 1. The third-order valence-corrected chi connectivity index (χ3v) is 4.01. The fourth-order valence-electron chi connectivity index (χ4n) is 2.86. The normalized spacial score (nSPS) is 15.5. The number of furan rings is 1. The molecule has 1 aliphatic heterocycles. The fourth-order valence-corrected chi connectivity index (χ4v) is 2.86. The van der Waals surface area contributed by atoms with Gasteiger partial charge in [0.15, 0.2) is 0 Å². The number of benzene rings is 1. The Kier molecular flexibility index (Phi) is 3.89. The lowest BCUT2D eigenvalue weighted by atomic mass is 10.0. The third-order valence-electron chi connectivity index (χ3n) is 4.01. The Morgan fingerprint density at radius 3 is 2.92 bits per heavy atom. The molecule has 25 heavy (non-hydrogen) atoms. The number of aromatic nitrogens is 2. The molecule has 126 valence electrons. The van der Waals surface area contributed by atoms with Gasteiger partial charge in [0.05, 0.1) is 18.4 Å². The highest BCUT2D eigenvalue weighted by Gasteiger charge is 2.27. The summed E-state index contributed by atoms with van der Waals surface area (Å²) in [4.78, 5) is 19.9. The minimum Gasteiger partial charge on any atom is -0.487 e. The standard InChI is InChI=1S/C18H14FN3O3/c19-14-3-12-4-15(8-22-18(23)11-1-2-24-9-11)25-17(12)16(5-14)13-6-20-10-21-7-13/h1-3,5-7,9-10,15H,4,8H2,(H,22,23). The highest BCUT2D eigenvalue weighted by Crippen LogP contribution is 2.39. The van der Waals surface area contributed by atoms with Crippen LogP contribution in [0.15, 0.2) is 53.9 Å². The Bertz CT molecular complexity index is 897. The number of hydrogen-bond donors (Lipinski definition) is 1. The summed E-state index contributed by atoms with van der Waals surface area (Å²) in [5.74, 6) is 0.0271. The summed E-state index contributed by atoms with van der Waals surface area (Å²) < 4.78 is 24.8. The van der Waals surface area contributed by atoms with Crippen LogP contribution in [-0.4, -0.2) is 28.5 Å². The molecule has 1 amide bonds. The summed E-state index contributed by atoms with van der Waals surface area (Å²) >= 11 is 0. The average molecular weight is 339 g/mol. The second-order valence-electron chi connectivity index (χ2n) is 5.73. The van der Waals surface area contributed by atoms with Crippen molar-refractivity contribution in [2.75, 3.05) is 6.54 Å². The zero-order chi connectivity index (χ0) is 17.2. The molecule has 1 aromatic carbocycles. The van der Waals surface area contributed by atoms with Gasteiger partial charge in [0.1, 0.15) is 30.3 Å². The summed E-state index contributed by atoms with van der Waals surface area (Å²) in [6.45, 7) is 0.311. The summed E-state index contributed by atoms with van der Waals surface area (Å²) in [6.07, 6.45) is 7.70. The van der Waals surface area contributed by atoms with E-state index in [1.807, 2.05) is 0 Å². The van der Waals surface area contributed by atoms with Gasteiger partial charge in [-0.05, 0) is 18.2 Å². The highest BCUT2D eigenvalue weighted by molar-refractivity contribution is 5.93. The zero-order valence-electron chi connectivity index (χ0n) is 13.1. The molecule has 3 aromatic rings. The van der Waals surface area contributed by atoms with Crippen molar-refractivity contribution in [1.29, 1.82) is 0 Å². The molecule has 0 radical (unpaired) electrons. The second-order valence-corrected chi connectivity index (χ2v) is 5.73. The fraction of sp³-hybridized carbons (Fsp3) is 0.167. The van der Waals surface area contributed by atoms with E-state index in [-0.39, 0.29) is 17.8 Å². The molecule has 4 rings (SSSR count). The van der Waals surface area contributed by atoms with Gasteiger partial charge in [0, 0.05) is 35.5 Å². The summed E-state index contributed by atoms with van der Waals surface area (Å²) in [5, 5.41) is 2.79. The van der Waals surface area contributed by atoms with E-state index in [0.29, 0.717) is 35.4 Å². The third kappa shape index (κ3) is 3.08. The van der Waals surface area contributed by atoms with Gasteiger partial charge in [-0.3, -0.25) is 4.79 Å². The van der Waals surface area contributed by atoms with E-state index in [9.17, 15) is 9.18 Å². The van der Waals surface area contributed by atoms with Gasteiger partial charge in [-0.15, -0.1) is 0 Å². The van der Waals surface area contributed by atoms with Crippen LogP contribution < -0.4 is 10.1 Å². The smallest absolute Gasteiger partial charge is 0.254 e. The summed E-state index contributed by atoms with van der Waals surface area (Å²) in [7, 11) is 0. The van der Waals surface area contributed by atoms with E-state index in [1.54, 1.807) is 18.5 Å². The van der Waals surface area contributed by atoms with Gasteiger partial charge in [0.25, 0.3) is 5.91 Å². The van der Waals surface area contributed by atoms with E-state index in [2.05, 4.69) is 15.3 Å². The molecule has 1 aliphatic rings. The van der Waals surface area contributed by atoms with Gasteiger partial charge >= 0.3 is 0 Å². The van der Waals surface area contributed by atoms with Crippen molar-refractivity contribution in [3.63, 3.8) is 0 Å². The Labute approximate surface area is 142 Å². The number of carbonyl (C=O) groups is 1. The number of amides is 1. The predicted octanol–water partition coefficient (Wildman–Crippen LogP) is 2.61. The van der Waals surface area contributed by atoms with Crippen LogP contribution in [0.25, 0.3) is 11.1 Å². The van der Waals surface area contributed by atoms with Crippen LogP contribution >= 0.6 is 0 Å². The first-order valence-corrected chi connectivity index (χ1v) is 7.75. The maximum atomic E-state index is 14.0. The van der Waals surface area contributed by atoms with Crippen LogP contribution in [0.1, 0.15) is 15.9 Å². The van der Waals surface area contributed by atoms with E-state index in [1.165, 1.54) is 31.0 Å². The Morgan fingerprint density at radius 1 is 1.32 bits per heavy atom. The highest BCUT2D eigenvalue weighted by atomic mass is 19.1. The number of rotatable bonds is 4. The topological polar surface area (TPSA) is 77.2 Å². The molecular weight excluding hydrogens is 325 g/mol. The first kappa shape index (κ1) is 15.3. The lowest BCUT2D eigenvalue weighted by molar-refractivity contribution is 0.0933. The predicted molar refractivity (Wildman–Crippen MR) is 86.6 cm³/mol. The maximum absolute atomic E-state index is 14.0. The van der Waals surface area contributed by atoms with Gasteiger partial charge < -0.3 is 14.5 Å². The van der Waals surface area contributed by atoms with Gasteiger partial charge in [-0.25, -0.2) is 14.4 Å². The molecule has 0 saturated heterocycles. The summed E-state index contributed by atoms with van der Waals surface area (Å²) in [6, 6.07) is 4.45. The molecule has 6 nitrogen and oxygen atoms in total. The van der Waals surface area contributed by atoms with Crippen LogP contribution in [0.4, 0.5) is 4.39 Å². The van der Waals surface area contributed by atoms with Crippen LogP contribution in [0.5, 0.6) is 5.75 Å². The average Bonchev–Trinajstić information content (AvgIpc) is 3.29. The zero-order valence-corrected chi connectivity index (χ0v) is 13.1. The lowest BCUT2D eigenvalue weighted by Crippen LogP contribution is -2.34. The Hall–Kier alpha value is -3.22. The summed E-state index contributed by atoms with van der Waals surface area (Å²) in [5.41, 5.74) is 2.51. The van der Waals surface area contributed by atoms with Crippen molar-refractivity contribution in [1.82, 2.24) is 15.3 Å².